The van der Waals surface area contributed by atoms with E-state index in [9.17, 15) is 35.5 Å². The van der Waals surface area contributed by atoms with Crippen LogP contribution in [0.15, 0.2) is 0 Å². The van der Waals surface area contributed by atoms with Gasteiger partial charge in [-0.05, 0) is 12.8 Å². The summed E-state index contributed by atoms with van der Waals surface area (Å²) in [5, 5.41) is 1.57. The predicted molar refractivity (Wildman–Crippen MR) is 54.6 cm³/mol. The number of carbonyl (C=O) groups excluding carboxylic acids is 1. The largest absolute Gasteiger partial charge is 0.460 e. The zero-order chi connectivity index (χ0) is 14.9. The molecule has 10 heteroatoms. The molecule has 0 aromatic heterocycles. The molecule has 120 valence electrons. The monoisotopic (exact) mass is 313 g/mol. The van der Waals surface area contributed by atoms with Gasteiger partial charge in [0.15, 0.2) is 0 Å². The third kappa shape index (κ3) is 3.53. The van der Waals surface area contributed by atoms with Crippen molar-refractivity contribution in [1.29, 1.82) is 0 Å². The molecule has 0 radical (unpaired) electrons. The van der Waals surface area contributed by atoms with E-state index in [2.05, 4.69) is 0 Å². The predicted octanol–water partition coefficient (Wildman–Crippen LogP) is 2.44. The first-order valence-electron chi connectivity index (χ1n) is 5.63. The number of alkyl halides is 7. The summed E-state index contributed by atoms with van der Waals surface area (Å²) in [5.74, 6) is -14.8. The van der Waals surface area contributed by atoms with Crippen molar-refractivity contribution < 1.29 is 41.0 Å². The van der Waals surface area contributed by atoms with E-state index in [4.69, 9.17) is 0 Å². The molecule has 0 saturated heterocycles. The third-order valence-electron chi connectivity index (χ3n) is 2.98. The Morgan fingerprint density at radius 2 is 1.35 bits per heavy atom. The van der Waals surface area contributed by atoms with Crippen LogP contribution < -0.4 is 5.32 Å². The number of amides is 1. The van der Waals surface area contributed by atoms with E-state index in [-0.39, 0.29) is 5.48 Å². The number of nitrogens with one attached hydrogen (secondary N) is 1. The molecule has 1 fully saturated rings. The normalized spacial score (nSPS) is 18.4. The Hall–Kier alpha value is -1.06. The number of carbonyl (C=O) groups is 1. The van der Waals surface area contributed by atoms with Gasteiger partial charge in [0.2, 0.25) is 0 Å². The van der Waals surface area contributed by atoms with Gasteiger partial charge in [0.05, 0.1) is 0 Å². The fourth-order valence-electron chi connectivity index (χ4n) is 1.84. The number of rotatable bonds is 3. The summed E-state index contributed by atoms with van der Waals surface area (Å²) in [6.07, 6.45) is -3.89. The third-order valence-corrected chi connectivity index (χ3v) is 2.98. The second-order valence-corrected chi connectivity index (χ2v) is 4.45. The fourth-order valence-corrected chi connectivity index (χ4v) is 1.84. The first-order valence-corrected chi connectivity index (χ1v) is 5.63. The summed E-state index contributed by atoms with van der Waals surface area (Å²) in [4.78, 5) is 11.0. The lowest BCUT2D eigenvalue weighted by Crippen LogP contribution is -2.60. The van der Waals surface area contributed by atoms with Crippen LogP contribution in [0.25, 0.3) is 0 Å². The molecule has 1 rings (SSSR count). The summed E-state index contributed by atoms with van der Waals surface area (Å²) >= 11 is 0. The van der Waals surface area contributed by atoms with Gasteiger partial charge in [-0.1, -0.05) is 19.3 Å². The maximum Gasteiger partial charge on any atom is 0.460 e. The smallest absolute Gasteiger partial charge is 0.412 e. The molecular formula is C10H14F7NO2. The van der Waals surface area contributed by atoms with E-state index in [0.29, 0.717) is 25.7 Å². The van der Waals surface area contributed by atoms with Gasteiger partial charge in [0, 0.05) is 6.04 Å². The van der Waals surface area contributed by atoms with Crippen molar-refractivity contribution in [1.82, 2.24) is 5.32 Å². The standard InChI is InChI=1S/C10H12F7NO.H2O/c11-8(12,9(13,14)10(15,16)17)7(19)18-6-4-2-1-3-5-6;/h6H,1-5H2,(H,18,19);1H2. The highest BCUT2D eigenvalue weighted by molar-refractivity contribution is 5.85. The van der Waals surface area contributed by atoms with Crippen molar-refractivity contribution in [3.8, 4) is 0 Å². The molecule has 0 aromatic carbocycles. The van der Waals surface area contributed by atoms with E-state index in [1.54, 1.807) is 5.32 Å². The van der Waals surface area contributed by atoms with Crippen LogP contribution in [-0.4, -0.2) is 35.4 Å². The molecule has 0 spiro atoms. The second kappa shape index (κ2) is 6.15. The maximum atomic E-state index is 13.0. The van der Waals surface area contributed by atoms with Crippen molar-refractivity contribution >= 4 is 5.91 Å². The summed E-state index contributed by atoms with van der Waals surface area (Å²) in [5.41, 5.74) is 0. The minimum absolute atomic E-state index is 0. The van der Waals surface area contributed by atoms with Gasteiger partial charge in [-0.3, -0.25) is 4.79 Å². The van der Waals surface area contributed by atoms with Crippen molar-refractivity contribution in [2.75, 3.05) is 0 Å². The SMILES string of the molecule is O.O=C(NC1CCCCC1)C(F)(F)C(F)(F)C(F)(F)F. The fraction of sp³-hybridized carbons (Fsp3) is 0.900. The molecule has 0 bridgehead atoms. The number of halogens is 7. The summed E-state index contributed by atoms with van der Waals surface area (Å²) in [6, 6.07) is -0.781. The minimum Gasteiger partial charge on any atom is -0.412 e. The molecule has 3 nitrogen and oxygen atoms in total. The highest BCUT2D eigenvalue weighted by Gasteiger charge is 2.76. The van der Waals surface area contributed by atoms with Crippen LogP contribution in [0.4, 0.5) is 30.7 Å². The molecule has 0 aromatic rings. The van der Waals surface area contributed by atoms with Gasteiger partial charge in [-0.2, -0.15) is 30.7 Å². The lowest BCUT2D eigenvalue weighted by Gasteiger charge is -2.30. The molecule has 0 unspecified atom stereocenters. The highest BCUT2D eigenvalue weighted by Crippen LogP contribution is 2.46. The van der Waals surface area contributed by atoms with Crippen molar-refractivity contribution in [3.05, 3.63) is 0 Å². The summed E-state index contributed by atoms with van der Waals surface area (Å²) in [6.45, 7) is 0. The molecule has 0 aliphatic heterocycles. The molecular weight excluding hydrogens is 299 g/mol. The van der Waals surface area contributed by atoms with Crippen molar-refractivity contribution in [2.45, 2.75) is 56.2 Å². The zero-order valence-electron chi connectivity index (χ0n) is 10.2. The van der Waals surface area contributed by atoms with Gasteiger partial charge in [0.1, 0.15) is 0 Å². The Labute approximate surface area is 109 Å². The Kier molecular flexibility index (Phi) is 5.82. The summed E-state index contributed by atoms with van der Waals surface area (Å²) < 4.78 is 86.7. The van der Waals surface area contributed by atoms with Crippen molar-refractivity contribution in [2.24, 2.45) is 0 Å². The van der Waals surface area contributed by atoms with E-state index in [0.717, 1.165) is 6.42 Å². The average molecular weight is 313 g/mol. The van der Waals surface area contributed by atoms with Gasteiger partial charge in [0.25, 0.3) is 5.91 Å². The Bertz CT molecular complexity index is 337. The molecule has 0 atom stereocenters. The van der Waals surface area contributed by atoms with Crippen LogP contribution in [-0.2, 0) is 4.79 Å². The van der Waals surface area contributed by atoms with Crippen molar-refractivity contribution in [3.63, 3.8) is 0 Å². The molecule has 0 heterocycles. The molecule has 1 saturated carbocycles. The van der Waals surface area contributed by atoms with Crippen LogP contribution in [0.5, 0.6) is 0 Å². The lowest BCUT2D eigenvalue weighted by atomic mass is 9.95. The maximum absolute atomic E-state index is 13.0. The molecule has 1 aliphatic rings. The number of hydrogen-bond acceptors (Lipinski definition) is 1. The van der Waals surface area contributed by atoms with Crippen LogP contribution in [0.1, 0.15) is 32.1 Å². The van der Waals surface area contributed by atoms with E-state index >= 15 is 0 Å². The molecule has 20 heavy (non-hydrogen) atoms. The first kappa shape index (κ1) is 18.9. The molecule has 1 aliphatic carbocycles. The number of hydrogen-bond donors (Lipinski definition) is 1. The average Bonchev–Trinajstić information content (AvgIpc) is 2.28. The zero-order valence-corrected chi connectivity index (χ0v) is 10.2. The Morgan fingerprint density at radius 1 is 0.900 bits per heavy atom. The van der Waals surface area contributed by atoms with Crippen LogP contribution in [0.2, 0.25) is 0 Å². The van der Waals surface area contributed by atoms with Crippen LogP contribution >= 0.6 is 0 Å². The van der Waals surface area contributed by atoms with E-state index in [1.807, 2.05) is 0 Å². The van der Waals surface area contributed by atoms with E-state index in [1.165, 1.54) is 0 Å². The minimum atomic E-state index is -6.49. The van der Waals surface area contributed by atoms with Gasteiger partial charge in [-0.25, -0.2) is 0 Å². The molecule has 1 amide bonds. The first-order chi connectivity index (χ1) is 8.50. The topological polar surface area (TPSA) is 60.6 Å². The summed E-state index contributed by atoms with van der Waals surface area (Å²) in [7, 11) is 0. The van der Waals surface area contributed by atoms with Gasteiger partial charge in [-0.15, -0.1) is 0 Å². The quantitative estimate of drug-likeness (QED) is 0.799. The van der Waals surface area contributed by atoms with Gasteiger partial charge >= 0.3 is 18.0 Å². The Morgan fingerprint density at radius 3 is 1.75 bits per heavy atom. The van der Waals surface area contributed by atoms with Gasteiger partial charge < -0.3 is 10.8 Å². The van der Waals surface area contributed by atoms with E-state index < -0.39 is 30.0 Å². The van der Waals surface area contributed by atoms with Crippen LogP contribution in [0, 0.1) is 0 Å². The Balaban J connectivity index is 0.00000361. The lowest BCUT2D eigenvalue weighted by molar-refractivity contribution is -0.344. The highest BCUT2D eigenvalue weighted by atomic mass is 19.4. The molecule has 3 N–H and O–H groups in total. The van der Waals surface area contributed by atoms with Crippen LogP contribution in [0.3, 0.4) is 0 Å². The second-order valence-electron chi connectivity index (χ2n) is 4.45.